The van der Waals surface area contributed by atoms with E-state index in [4.69, 9.17) is 4.74 Å². The summed E-state index contributed by atoms with van der Waals surface area (Å²) in [6, 6.07) is 10.0. The van der Waals surface area contributed by atoms with Crippen LogP contribution in [0.2, 0.25) is 0 Å². The molecule has 0 N–H and O–H groups in total. The molecule has 1 fully saturated rings. The number of benzene rings is 1. The third kappa shape index (κ3) is 1.30. The second-order valence-electron chi connectivity index (χ2n) is 5.11. The van der Waals surface area contributed by atoms with E-state index in [0.29, 0.717) is 6.42 Å². The summed E-state index contributed by atoms with van der Waals surface area (Å²) in [7, 11) is 0. The quantitative estimate of drug-likeness (QED) is 0.683. The monoisotopic (exact) mass is 227 g/mol. The minimum absolute atomic E-state index is 0.00120. The van der Waals surface area contributed by atoms with E-state index < -0.39 is 5.41 Å². The molecule has 2 aliphatic rings. The van der Waals surface area contributed by atoms with Crippen LogP contribution in [-0.2, 0) is 4.79 Å². The van der Waals surface area contributed by atoms with Crippen molar-refractivity contribution in [1.29, 1.82) is 5.26 Å². The number of carbonyl (C=O) groups excluding carboxylic acids is 1. The molecule has 3 atom stereocenters. The van der Waals surface area contributed by atoms with Gasteiger partial charge in [-0.25, -0.2) is 0 Å². The van der Waals surface area contributed by atoms with Gasteiger partial charge in [-0.1, -0.05) is 18.2 Å². The van der Waals surface area contributed by atoms with Crippen LogP contribution < -0.4 is 4.74 Å². The van der Waals surface area contributed by atoms with Crippen molar-refractivity contribution in [2.75, 3.05) is 6.61 Å². The third-order valence-corrected chi connectivity index (χ3v) is 4.03. The summed E-state index contributed by atoms with van der Waals surface area (Å²) in [6.45, 7) is 2.07. The minimum Gasteiger partial charge on any atom is -0.486 e. The minimum atomic E-state index is -0.426. The molecule has 86 valence electrons. The molecule has 0 saturated heterocycles. The molecule has 0 aromatic heterocycles. The molecule has 17 heavy (non-hydrogen) atoms. The molecular formula is C14H13NO2. The zero-order valence-corrected chi connectivity index (χ0v) is 9.64. The van der Waals surface area contributed by atoms with Gasteiger partial charge in [-0.15, -0.1) is 0 Å². The molecule has 0 bridgehead atoms. The Bertz CT molecular complexity index is 531. The van der Waals surface area contributed by atoms with Gasteiger partial charge in [0.05, 0.1) is 11.5 Å². The van der Waals surface area contributed by atoms with Crippen molar-refractivity contribution in [3.05, 3.63) is 29.8 Å². The van der Waals surface area contributed by atoms with Gasteiger partial charge in [0, 0.05) is 11.8 Å². The van der Waals surface area contributed by atoms with Crippen molar-refractivity contribution >= 4 is 5.78 Å². The molecular weight excluding hydrogens is 214 g/mol. The molecule has 0 unspecified atom stereocenters. The summed E-state index contributed by atoms with van der Waals surface area (Å²) >= 11 is 0. The van der Waals surface area contributed by atoms with Gasteiger partial charge in [0.1, 0.15) is 12.4 Å². The predicted molar refractivity (Wildman–Crippen MR) is 61.5 cm³/mol. The molecule has 1 aromatic rings. The van der Waals surface area contributed by atoms with Gasteiger partial charge in [0.25, 0.3) is 0 Å². The van der Waals surface area contributed by atoms with Crippen LogP contribution >= 0.6 is 0 Å². The van der Waals surface area contributed by atoms with Crippen molar-refractivity contribution in [3.63, 3.8) is 0 Å². The molecule has 1 saturated carbocycles. The first-order valence-electron chi connectivity index (χ1n) is 5.81. The molecule has 1 aliphatic carbocycles. The van der Waals surface area contributed by atoms with Crippen LogP contribution in [-0.4, -0.2) is 12.4 Å². The average Bonchev–Trinajstić information content (AvgIpc) is 2.44. The van der Waals surface area contributed by atoms with Gasteiger partial charge in [0.15, 0.2) is 5.78 Å². The summed E-state index contributed by atoms with van der Waals surface area (Å²) < 4.78 is 5.52. The van der Waals surface area contributed by atoms with Crippen molar-refractivity contribution in [1.82, 2.24) is 0 Å². The molecule has 3 nitrogen and oxygen atoms in total. The van der Waals surface area contributed by atoms with Gasteiger partial charge in [-0.3, -0.25) is 4.79 Å². The van der Waals surface area contributed by atoms with Crippen LogP contribution in [0.4, 0.5) is 0 Å². The summed E-state index contributed by atoms with van der Waals surface area (Å²) in [5.74, 6) is 0.843. The Labute approximate surface area is 100 Å². The van der Waals surface area contributed by atoms with Gasteiger partial charge in [0.2, 0.25) is 0 Å². The molecule has 1 heterocycles. The lowest BCUT2D eigenvalue weighted by Crippen LogP contribution is -2.46. The first kappa shape index (κ1) is 10.3. The lowest BCUT2D eigenvalue weighted by Gasteiger charge is -2.47. The van der Waals surface area contributed by atoms with Crippen LogP contribution in [0.15, 0.2) is 24.3 Å². The Balaban J connectivity index is 2.12. The maximum atomic E-state index is 11.9. The second-order valence-corrected chi connectivity index (χ2v) is 5.11. The Hall–Kier alpha value is -1.82. The SMILES string of the molecule is C[C@@]1(C#N)C[C@@H]2C(=O)COc3ccccc3[C@H]21. The number of rotatable bonds is 0. The Morgan fingerprint density at radius 2 is 2.24 bits per heavy atom. The largest absolute Gasteiger partial charge is 0.486 e. The summed E-state index contributed by atoms with van der Waals surface area (Å²) in [5, 5.41) is 9.29. The number of Topliss-reactive ketones (excluding diaryl/α,β-unsaturated/α-hetero) is 1. The number of fused-ring (bicyclic) bond motifs is 3. The number of ketones is 1. The van der Waals surface area contributed by atoms with Crippen molar-refractivity contribution < 1.29 is 9.53 Å². The Kier molecular flexibility index (Phi) is 2.03. The van der Waals surface area contributed by atoms with Crippen LogP contribution in [0.25, 0.3) is 0 Å². The van der Waals surface area contributed by atoms with E-state index in [1.54, 1.807) is 0 Å². The van der Waals surface area contributed by atoms with Crippen LogP contribution in [0.1, 0.15) is 24.8 Å². The number of hydrogen-bond acceptors (Lipinski definition) is 3. The lowest BCUT2D eigenvalue weighted by molar-refractivity contribution is -0.131. The fourth-order valence-corrected chi connectivity index (χ4v) is 3.08. The van der Waals surface area contributed by atoms with Crippen molar-refractivity contribution in [2.45, 2.75) is 19.3 Å². The molecule has 0 spiro atoms. The molecule has 1 aliphatic heterocycles. The van der Waals surface area contributed by atoms with Gasteiger partial charge < -0.3 is 4.74 Å². The van der Waals surface area contributed by atoms with Crippen LogP contribution in [0, 0.1) is 22.7 Å². The molecule has 0 radical (unpaired) electrons. The zero-order chi connectivity index (χ0) is 12.0. The fraction of sp³-hybridized carbons (Fsp3) is 0.429. The number of ether oxygens (including phenoxy) is 1. The van der Waals surface area contributed by atoms with Crippen molar-refractivity contribution in [2.24, 2.45) is 11.3 Å². The maximum Gasteiger partial charge on any atom is 0.173 e. The summed E-state index contributed by atoms with van der Waals surface area (Å²) in [6.07, 6.45) is 0.657. The van der Waals surface area contributed by atoms with Gasteiger partial charge in [-0.2, -0.15) is 5.26 Å². The Morgan fingerprint density at radius 1 is 1.47 bits per heavy atom. The predicted octanol–water partition coefficient (Wildman–Crippen LogP) is 2.28. The van der Waals surface area contributed by atoms with Crippen LogP contribution in [0.3, 0.4) is 0 Å². The van der Waals surface area contributed by atoms with E-state index in [1.165, 1.54) is 0 Å². The van der Waals surface area contributed by atoms with Gasteiger partial charge in [-0.05, 0) is 25.0 Å². The summed E-state index contributed by atoms with van der Waals surface area (Å²) in [4.78, 5) is 11.9. The number of para-hydroxylation sites is 1. The lowest BCUT2D eigenvalue weighted by atomic mass is 9.52. The standard InChI is InChI=1S/C14H13NO2/c1-14(8-15)6-10-11(16)7-17-12-5-3-2-4-9(12)13(10)14/h2-5,10,13H,6-7H2,1H3/t10-,13-,14+/m1/s1. The van der Waals surface area contributed by atoms with Gasteiger partial charge >= 0.3 is 0 Å². The van der Waals surface area contributed by atoms with E-state index in [-0.39, 0.29) is 24.2 Å². The zero-order valence-electron chi connectivity index (χ0n) is 9.64. The summed E-state index contributed by atoms with van der Waals surface area (Å²) in [5.41, 5.74) is 0.586. The van der Waals surface area contributed by atoms with E-state index in [9.17, 15) is 10.1 Å². The van der Waals surface area contributed by atoms with Crippen LogP contribution in [0.5, 0.6) is 5.75 Å². The molecule has 1 aromatic carbocycles. The van der Waals surface area contributed by atoms with E-state index >= 15 is 0 Å². The van der Waals surface area contributed by atoms with Crippen molar-refractivity contribution in [3.8, 4) is 11.8 Å². The highest BCUT2D eigenvalue weighted by atomic mass is 16.5. The fourth-order valence-electron chi connectivity index (χ4n) is 3.08. The van der Waals surface area contributed by atoms with E-state index in [1.807, 2.05) is 31.2 Å². The number of nitrogens with zero attached hydrogens (tertiary/aromatic N) is 1. The highest BCUT2D eigenvalue weighted by molar-refractivity contribution is 5.86. The molecule has 3 rings (SSSR count). The first-order valence-corrected chi connectivity index (χ1v) is 5.81. The topological polar surface area (TPSA) is 50.1 Å². The maximum absolute atomic E-state index is 11.9. The number of carbonyl (C=O) groups is 1. The number of nitriles is 1. The smallest absolute Gasteiger partial charge is 0.173 e. The highest BCUT2D eigenvalue weighted by Gasteiger charge is 2.56. The average molecular weight is 227 g/mol. The first-order chi connectivity index (χ1) is 8.15. The number of hydrogen-bond donors (Lipinski definition) is 0. The van der Waals surface area contributed by atoms with E-state index in [2.05, 4.69) is 6.07 Å². The van der Waals surface area contributed by atoms with E-state index in [0.717, 1.165) is 11.3 Å². The highest BCUT2D eigenvalue weighted by Crippen LogP contribution is 2.59. The Morgan fingerprint density at radius 3 is 3.00 bits per heavy atom. The second kappa shape index (κ2) is 3.33. The normalized spacial score (nSPS) is 34.5. The molecule has 0 amide bonds. The molecule has 3 heteroatoms. The third-order valence-electron chi connectivity index (χ3n) is 4.03.